The van der Waals surface area contributed by atoms with E-state index in [0.717, 1.165) is 21.5 Å². The van der Waals surface area contributed by atoms with Gasteiger partial charge in [-0.25, -0.2) is 4.98 Å². The maximum atomic E-state index is 12.2. The Hall–Kier alpha value is -1.98. The average molecular weight is 387 g/mol. The van der Waals surface area contributed by atoms with Crippen LogP contribution in [0.1, 0.15) is 26.5 Å². The number of nitrogens with one attached hydrogen (secondary N) is 1. The lowest BCUT2D eigenvalue weighted by Crippen LogP contribution is -2.11. The number of rotatable bonds is 4. The molecule has 1 N–H and O–H groups in total. The molecule has 1 heterocycles. The van der Waals surface area contributed by atoms with Crippen LogP contribution in [0, 0.1) is 6.92 Å². The van der Waals surface area contributed by atoms with Crippen molar-refractivity contribution >= 4 is 38.3 Å². The second-order valence-corrected chi connectivity index (χ2v) is 7.15. The molecule has 2 aromatic carbocycles. The fourth-order valence-electron chi connectivity index (χ4n) is 2.24. The van der Waals surface area contributed by atoms with E-state index >= 15 is 0 Å². The van der Waals surface area contributed by atoms with Crippen molar-refractivity contribution in [2.45, 2.75) is 13.3 Å². The van der Waals surface area contributed by atoms with Gasteiger partial charge in [-0.2, -0.15) is 0 Å². The third-order valence-electron chi connectivity index (χ3n) is 3.40. The first kappa shape index (κ1) is 15.9. The van der Waals surface area contributed by atoms with Crippen LogP contribution in [0.25, 0.3) is 0 Å². The SMILES string of the molecule is Cc1nc(NC(=O)c2ccccc2)sc1Cc1cccc(Br)c1. The molecule has 1 amide bonds. The Kier molecular flexibility index (Phi) is 4.88. The predicted octanol–water partition coefficient (Wildman–Crippen LogP) is 5.06. The molecule has 0 aliphatic rings. The number of halogens is 1. The molecule has 3 aromatic rings. The van der Waals surface area contributed by atoms with Crippen LogP contribution in [0.5, 0.6) is 0 Å². The van der Waals surface area contributed by atoms with E-state index in [9.17, 15) is 4.79 Å². The lowest BCUT2D eigenvalue weighted by atomic mass is 10.1. The summed E-state index contributed by atoms with van der Waals surface area (Å²) in [5.41, 5.74) is 2.80. The van der Waals surface area contributed by atoms with E-state index in [2.05, 4.69) is 38.4 Å². The topological polar surface area (TPSA) is 42.0 Å². The third-order valence-corrected chi connectivity index (χ3v) is 4.97. The average Bonchev–Trinajstić information content (AvgIpc) is 2.87. The molecule has 116 valence electrons. The maximum absolute atomic E-state index is 12.2. The molecule has 23 heavy (non-hydrogen) atoms. The number of carbonyl (C=O) groups is 1. The molecule has 0 spiro atoms. The number of hydrogen-bond acceptors (Lipinski definition) is 3. The Labute approximate surface area is 147 Å². The fourth-order valence-corrected chi connectivity index (χ4v) is 3.68. The van der Waals surface area contributed by atoms with Crippen molar-refractivity contribution < 1.29 is 4.79 Å². The van der Waals surface area contributed by atoms with Gasteiger partial charge in [0.05, 0.1) is 5.69 Å². The molecule has 3 nitrogen and oxygen atoms in total. The highest BCUT2D eigenvalue weighted by Crippen LogP contribution is 2.26. The molecule has 3 rings (SSSR count). The van der Waals surface area contributed by atoms with Gasteiger partial charge in [0.1, 0.15) is 0 Å². The van der Waals surface area contributed by atoms with E-state index in [1.807, 2.05) is 37.3 Å². The molecule has 0 radical (unpaired) electrons. The number of amides is 1. The van der Waals surface area contributed by atoms with Crippen LogP contribution >= 0.6 is 27.3 Å². The second-order valence-electron chi connectivity index (χ2n) is 5.15. The van der Waals surface area contributed by atoms with Gasteiger partial charge in [-0.1, -0.05) is 46.3 Å². The molecular weight excluding hydrogens is 372 g/mol. The number of anilines is 1. The van der Waals surface area contributed by atoms with Crippen LogP contribution in [0.3, 0.4) is 0 Å². The van der Waals surface area contributed by atoms with Crippen molar-refractivity contribution in [3.8, 4) is 0 Å². The summed E-state index contributed by atoms with van der Waals surface area (Å²) in [6.45, 7) is 1.97. The van der Waals surface area contributed by atoms with E-state index < -0.39 is 0 Å². The minimum absolute atomic E-state index is 0.131. The van der Waals surface area contributed by atoms with E-state index in [1.165, 1.54) is 16.9 Å². The number of aromatic nitrogens is 1. The molecule has 5 heteroatoms. The van der Waals surface area contributed by atoms with Crippen molar-refractivity contribution in [2.24, 2.45) is 0 Å². The Bertz CT molecular complexity index is 830. The summed E-state index contributed by atoms with van der Waals surface area (Å²) in [7, 11) is 0. The zero-order valence-electron chi connectivity index (χ0n) is 12.5. The summed E-state index contributed by atoms with van der Waals surface area (Å²) in [6.07, 6.45) is 0.810. The summed E-state index contributed by atoms with van der Waals surface area (Å²) in [5, 5.41) is 3.52. The third kappa shape index (κ3) is 4.06. The maximum Gasteiger partial charge on any atom is 0.257 e. The van der Waals surface area contributed by atoms with Gasteiger partial charge in [0.25, 0.3) is 5.91 Å². The summed E-state index contributed by atoms with van der Waals surface area (Å²) < 4.78 is 1.06. The summed E-state index contributed by atoms with van der Waals surface area (Å²) >= 11 is 5.01. The monoisotopic (exact) mass is 386 g/mol. The van der Waals surface area contributed by atoms with Crippen LogP contribution in [0.2, 0.25) is 0 Å². The normalized spacial score (nSPS) is 10.5. The van der Waals surface area contributed by atoms with Crippen LogP contribution in [0.4, 0.5) is 5.13 Å². The van der Waals surface area contributed by atoms with Gasteiger partial charge in [0.15, 0.2) is 5.13 Å². The Balaban J connectivity index is 1.75. The Morgan fingerprint density at radius 1 is 1.17 bits per heavy atom. The largest absolute Gasteiger partial charge is 0.298 e. The van der Waals surface area contributed by atoms with Gasteiger partial charge >= 0.3 is 0 Å². The molecule has 0 saturated heterocycles. The van der Waals surface area contributed by atoms with Gasteiger partial charge in [0.2, 0.25) is 0 Å². The van der Waals surface area contributed by atoms with Gasteiger partial charge in [-0.05, 0) is 36.8 Å². The molecule has 1 aromatic heterocycles. The number of benzene rings is 2. The molecule has 0 saturated carbocycles. The van der Waals surface area contributed by atoms with Crippen LogP contribution in [0.15, 0.2) is 59.1 Å². The highest BCUT2D eigenvalue weighted by Gasteiger charge is 2.12. The minimum atomic E-state index is -0.131. The fraction of sp³-hybridized carbons (Fsp3) is 0.111. The van der Waals surface area contributed by atoms with Crippen molar-refractivity contribution in [3.05, 3.63) is 80.8 Å². The molecule has 0 bridgehead atoms. The van der Waals surface area contributed by atoms with Crippen LogP contribution < -0.4 is 5.32 Å². The van der Waals surface area contributed by atoms with E-state index in [-0.39, 0.29) is 5.91 Å². The Morgan fingerprint density at radius 3 is 2.70 bits per heavy atom. The van der Waals surface area contributed by atoms with E-state index in [1.54, 1.807) is 12.1 Å². The summed E-state index contributed by atoms with van der Waals surface area (Å²) in [4.78, 5) is 17.8. The molecule has 0 aliphatic heterocycles. The van der Waals surface area contributed by atoms with E-state index in [4.69, 9.17) is 0 Å². The van der Waals surface area contributed by atoms with Crippen molar-refractivity contribution in [1.29, 1.82) is 0 Å². The number of nitrogens with zero attached hydrogens (tertiary/aromatic N) is 1. The Morgan fingerprint density at radius 2 is 1.96 bits per heavy atom. The van der Waals surface area contributed by atoms with Gasteiger partial charge in [-0.15, -0.1) is 11.3 Å². The van der Waals surface area contributed by atoms with Crippen molar-refractivity contribution in [3.63, 3.8) is 0 Å². The predicted molar refractivity (Wildman–Crippen MR) is 98.2 cm³/mol. The highest BCUT2D eigenvalue weighted by atomic mass is 79.9. The highest BCUT2D eigenvalue weighted by molar-refractivity contribution is 9.10. The van der Waals surface area contributed by atoms with Gasteiger partial charge in [0, 0.05) is 21.3 Å². The van der Waals surface area contributed by atoms with Crippen LogP contribution in [-0.4, -0.2) is 10.9 Å². The summed E-state index contributed by atoms with van der Waals surface area (Å²) in [5.74, 6) is -0.131. The van der Waals surface area contributed by atoms with Gasteiger partial charge < -0.3 is 0 Å². The smallest absolute Gasteiger partial charge is 0.257 e. The zero-order chi connectivity index (χ0) is 16.2. The first-order valence-electron chi connectivity index (χ1n) is 7.19. The zero-order valence-corrected chi connectivity index (χ0v) is 14.9. The van der Waals surface area contributed by atoms with Crippen LogP contribution in [-0.2, 0) is 6.42 Å². The molecule has 0 aliphatic carbocycles. The quantitative estimate of drug-likeness (QED) is 0.680. The van der Waals surface area contributed by atoms with E-state index in [0.29, 0.717) is 10.7 Å². The minimum Gasteiger partial charge on any atom is -0.298 e. The molecular formula is C18H15BrN2OS. The number of aryl methyl sites for hydroxylation is 1. The van der Waals surface area contributed by atoms with Crippen molar-refractivity contribution in [1.82, 2.24) is 4.98 Å². The second kappa shape index (κ2) is 7.06. The molecule has 0 unspecified atom stereocenters. The first-order valence-corrected chi connectivity index (χ1v) is 8.80. The lowest BCUT2D eigenvalue weighted by Gasteiger charge is -2.01. The lowest BCUT2D eigenvalue weighted by molar-refractivity contribution is 0.102. The summed E-state index contributed by atoms with van der Waals surface area (Å²) in [6, 6.07) is 17.4. The molecule has 0 atom stereocenters. The standard InChI is InChI=1S/C18H15BrN2OS/c1-12-16(11-13-6-5-9-15(19)10-13)23-18(20-12)21-17(22)14-7-3-2-4-8-14/h2-10H,11H2,1H3,(H,20,21,22). The number of thiazole rings is 1. The van der Waals surface area contributed by atoms with Crippen molar-refractivity contribution in [2.75, 3.05) is 5.32 Å². The molecule has 0 fully saturated rings. The number of hydrogen-bond donors (Lipinski definition) is 1. The van der Waals surface area contributed by atoms with Gasteiger partial charge in [-0.3, -0.25) is 10.1 Å². The first-order chi connectivity index (χ1) is 11.1. The number of carbonyl (C=O) groups excluding carboxylic acids is 1.